The Morgan fingerprint density at radius 2 is 1.64 bits per heavy atom. The summed E-state index contributed by atoms with van der Waals surface area (Å²) in [5.41, 5.74) is 2.85. The van der Waals surface area contributed by atoms with E-state index in [1.807, 2.05) is 86.6 Å². The second-order valence-electron chi connectivity index (χ2n) is 10.2. The molecular weight excluding hydrogens is 528 g/mol. The molecule has 1 amide bonds. The molecule has 0 radical (unpaired) electrons. The van der Waals surface area contributed by atoms with E-state index in [9.17, 15) is 4.79 Å². The topological polar surface area (TPSA) is 83.0 Å². The Hall–Kier alpha value is -3.49. The highest BCUT2D eigenvalue weighted by molar-refractivity contribution is 7.15. The summed E-state index contributed by atoms with van der Waals surface area (Å²) in [6.07, 6.45) is 4.10. The fourth-order valence-electron chi connectivity index (χ4n) is 4.88. The number of anilines is 2. The third-order valence-corrected chi connectivity index (χ3v) is 8.24. The first-order valence-electron chi connectivity index (χ1n) is 13.2. The lowest BCUT2D eigenvalue weighted by molar-refractivity contribution is -0.121. The standard InChI is InChI=1S/C30H33ClN6OS/c1-19-32-26(18-27(33-19)37(2)3)34-23-13-15-24(16-14-23)35-28(38)17-25-29(20-9-11-22(31)12-10-20)36-30(39-25)21-7-5-4-6-8-21/h4-12,18,23-24H,13-17H2,1-3H3,(H,35,38)(H,32,33,34). The first kappa shape index (κ1) is 27.1. The SMILES string of the molecule is Cc1nc(NC2CCC(NC(=O)Cc3sc(-c4ccccc4)nc3-c3ccc(Cl)cc3)CC2)cc(N(C)C)n1. The normalized spacial score (nSPS) is 17.0. The number of benzene rings is 2. The number of thiazole rings is 1. The van der Waals surface area contributed by atoms with Crippen molar-refractivity contribution >= 4 is 40.5 Å². The molecule has 1 saturated carbocycles. The van der Waals surface area contributed by atoms with E-state index < -0.39 is 0 Å². The van der Waals surface area contributed by atoms with Gasteiger partial charge in [-0.15, -0.1) is 11.3 Å². The van der Waals surface area contributed by atoms with Gasteiger partial charge < -0.3 is 15.5 Å². The third-order valence-electron chi connectivity index (χ3n) is 6.88. The molecule has 202 valence electrons. The van der Waals surface area contributed by atoms with E-state index in [2.05, 4.69) is 20.6 Å². The van der Waals surface area contributed by atoms with E-state index in [0.29, 0.717) is 17.5 Å². The van der Waals surface area contributed by atoms with Crippen LogP contribution in [-0.4, -0.2) is 47.0 Å². The number of amides is 1. The Balaban J connectivity index is 1.22. The van der Waals surface area contributed by atoms with Crippen LogP contribution in [0.15, 0.2) is 60.7 Å². The van der Waals surface area contributed by atoms with Crippen molar-refractivity contribution in [2.75, 3.05) is 24.3 Å². The van der Waals surface area contributed by atoms with Crippen molar-refractivity contribution in [3.63, 3.8) is 0 Å². The number of rotatable bonds is 8. The van der Waals surface area contributed by atoms with E-state index >= 15 is 0 Å². The van der Waals surface area contributed by atoms with Crippen molar-refractivity contribution in [3.8, 4) is 21.8 Å². The van der Waals surface area contributed by atoms with Gasteiger partial charge in [0.05, 0.1) is 12.1 Å². The Morgan fingerprint density at radius 1 is 0.949 bits per heavy atom. The van der Waals surface area contributed by atoms with Crippen molar-refractivity contribution in [2.24, 2.45) is 0 Å². The predicted molar refractivity (Wildman–Crippen MR) is 161 cm³/mol. The smallest absolute Gasteiger partial charge is 0.225 e. The lowest BCUT2D eigenvalue weighted by Gasteiger charge is -2.30. The summed E-state index contributed by atoms with van der Waals surface area (Å²) < 4.78 is 0. The number of carbonyl (C=O) groups is 1. The average molecular weight is 561 g/mol. The lowest BCUT2D eigenvalue weighted by atomic mass is 9.91. The first-order chi connectivity index (χ1) is 18.8. The summed E-state index contributed by atoms with van der Waals surface area (Å²) in [4.78, 5) is 30.1. The molecule has 0 unspecified atom stereocenters. The molecule has 1 fully saturated rings. The molecule has 2 heterocycles. The minimum atomic E-state index is 0.0342. The molecule has 0 spiro atoms. The number of aryl methyl sites for hydroxylation is 1. The fraction of sp³-hybridized carbons (Fsp3) is 0.333. The quantitative estimate of drug-likeness (QED) is 0.260. The minimum Gasteiger partial charge on any atom is -0.367 e. The summed E-state index contributed by atoms with van der Waals surface area (Å²) in [6, 6.07) is 20.2. The highest BCUT2D eigenvalue weighted by atomic mass is 35.5. The number of hydrogen-bond acceptors (Lipinski definition) is 7. The second kappa shape index (κ2) is 12.1. The molecule has 2 aromatic carbocycles. The highest BCUT2D eigenvalue weighted by Gasteiger charge is 2.24. The van der Waals surface area contributed by atoms with Gasteiger partial charge in [0.25, 0.3) is 0 Å². The summed E-state index contributed by atoms with van der Waals surface area (Å²) in [5.74, 6) is 2.53. The highest BCUT2D eigenvalue weighted by Crippen LogP contribution is 2.35. The molecule has 2 N–H and O–H groups in total. The molecule has 2 aromatic heterocycles. The van der Waals surface area contributed by atoms with Crippen LogP contribution in [-0.2, 0) is 11.2 Å². The van der Waals surface area contributed by atoms with Crippen molar-refractivity contribution in [1.82, 2.24) is 20.3 Å². The maximum absolute atomic E-state index is 13.2. The third kappa shape index (κ3) is 6.94. The molecule has 4 aromatic rings. The zero-order chi connectivity index (χ0) is 27.4. The van der Waals surface area contributed by atoms with E-state index in [-0.39, 0.29) is 11.9 Å². The Kier molecular flexibility index (Phi) is 8.43. The number of aromatic nitrogens is 3. The van der Waals surface area contributed by atoms with E-state index in [0.717, 1.165) is 69.8 Å². The number of carbonyl (C=O) groups excluding carboxylic acids is 1. The lowest BCUT2D eigenvalue weighted by Crippen LogP contribution is -2.40. The van der Waals surface area contributed by atoms with Gasteiger partial charge in [0.1, 0.15) is 22.5 Å². The van der Waals surface area contributed by atoms with Gasteiger partial charge in [-0.05, 0) is 44.7 Å². The van der Waals surface area contributed by atoms with E-state index in [1.165, 1.54) is 0 Å². The van der Waals surface area contributed by atoms with Crippen LogP contribution >= 0.6 is 22.9 Å². The maximum Gasteiger partial charge on any atom is 0.225 e. The van der Waals surface area contributed by atoms with Crippen LogP contribution < -0.4 is 15.5 Å². The fourth-order valence-corrected chi connectivity index (χ4v) is 6.09. The first-order valence-corrected chi connectivity index (χ1v) is 14.4. The molecular formula is C30H33ClN6OS. The molecule has 0 saturated heterocycles. The van der Waals surface area contributed by atoms with Crippen LogP contribution in [0.5, 0.6) is 0 Å². The molecule has 7 nitrogen and oxygen atoms in total. The van der Waals surface area contributed by atoms with E-state index in [1.54, 1.807) is 11.3 Å². The summed E-state index contributed by atoms with van der Waals surface area (Å²) in [5, 5.41) is 8.44. The summed E-state index contributed by atoms with van der Waals surface area (Å²) in [7, 11) is 3.96. The zero-order valence-corrected chi connectivity index (χ0v) is 24.0. The number of halogens is 1. The molecule has 0 bridgehead atoms. The number of nitrogens with zero attached hydrogens (tertiary/aromatic N) is 4. The van der Waals surface area contributed by atoms with Gasteiger partial charge in [0.15, 0.2) is 0 Å². The van der Waals surface area contributed by atoms with Crippen molar-refractivity contribution in [2.45, 2.75) is 51.1 Å². The van der Waals surface area contributed by atoms with Gasteiger partial charge in [-0.1, -0.05) is 54.1 Å². The van der Waals surface area contributed by atoms with Crippen LogP contribution in [0, 0.1) is 6.92 Å². The second-order valence-corrected chi connectivity index (χ2v) is 11.7. The minimum absolute atomic E-state index is 0.0342. The van der Waals surface area contributed by atoms with Crippen LogP contribution in [0.2, 0.25) is 5.02 Å². The Morgan fingerprint density at radius 3 is 2.33 bits per heavy atom. The van der Waals surface area contributed by atoms with Gasteiger partial charge in [-0.2, -0.15) is 0 Å². The van der Waals surface area contributed by atoms with E-state index in [4.69, 9.17) is 16.6 Å². The van der Waals surface area contributed by atoms with Gasteiger partial charge in [0, 0.05) is 53.3 Å². The summed E-state index contributed by atoms with van der Waals surface area (Å²) in [6.45, 7) is 1.91. The largest absolute Gasteiger partial charge is 0.367 e. The number of nitrogens with one attached hydrogen (secondary N) is 2. The van der Waals surface area contributed by atoms with Crippen molar-refractivity contribution < 1.29 is 4.79 Å². The van der Waals surface area contributed by atoms with Crippen molar-refractivity contribution in [3.05, 3.63) is 76.4 Å². The molecule has 5 rings (SSSR count). The summed E-state index contributed by atoms with van der Waals surface area (Å²) >= 11 is 7.70. The Labute approximate surface area is 238 Å². The van der Waals surface area contributed by atoms with Gasteiger partial charge in [0.2, 0.25) is 5.91 Å². The van der Waals surface area contributed by atoms with Gasteiger partial charge >= 0.3 is 0 Å². The molecule has 0 aliphatic heterocycles. The zero-order valence-electron chi connectivity index (χ0n) is 22.4. The van der Waals surface area contributed by atoms with Crippen LogP contribution in [0.1, 0.15) is 36.4 Å². The molecule has 9 heteroatoms. The van der Waals surface area contributed by atoms with Crippen LogP contribution in [0.25, 0.3) is 21.8 Å². The maximum atomic E-state index is 13.2. The molecule has 1 aliphatic rings. The molecule has 0 atom stereocenters. The average Bonchev–Trinajstić information content (AvgIpc) is 3.34. The van der Waals surface area contributed by atoms with Gasteiger partial charge in [-0.25, -0.2) is 15.0 Å². The monoisotopic (exact) mass is 560 g/mol. The van der Waals surface area contributed by atoms with Crippen molar-refractivity contribution in [1.29, 1.82) is 0 Å². The molecule has 1 aliphatic carbocycles. The van der Waals surface area contributed by atoms with Gasteiger partial charge in [-0.3, -0.25) is 4.79 Å². The number of hydrogen-bond donors (Lipinski definition) is 2. The molecule has 39 heavy (non-hydrogen) atoms. The van der Waals surface area contributed by atoms with Crippen LogP contribution in [0.3, 0.4) is 0 Å². The predicted octanol–water partition coefficient (Wildman–Crippen LogP) is 6.38. The Bertz CT molecular complexity index is 1420. The van der Waals surface area contributed by atoms with Crippen LogP contribution in [0.4, 0.5) is 11.6 Å².